The van der Waals surface area contributed by atoms with Crippen molar-refractivity contribution in [2.24, 2.45) is 0 Å². The van der Waals surface area contributed by atoms with Gasteiger partial charge in [0.05, 0.1) is 28.5 Å². The number of amides is 1. The summed E-state index contributed by atoms with van der Waals surface area (Å²) in [5.74, 6) is -1.10. The van der Waals surface area contributed by atoms with E-state index in [9.17, 15) is 9.59 Å². The lowest BCUT2D eigenvalue weighted by Gasteiger charge is -2.13. The maximum atomic E-state index is 12.1. The van der Waals surface area contributed by atoms with Crippen LogP contribution in [0.4, 0.5) is 5.69 Å². The lowest BCUT2D eigenvalue weighted by Crippen LogP contribution is -2.31. The summed E-state index contributed by atoms with van der Waals surface area (Å²) in [6.45, 7) is 1.40. The average Bonchev–Trinajstić information content (AvgIpc) is 3.11. The van der Waals surface area contributed by atoms with Gasteiger partial charge in [-0.15, -0.1) is 11.3 Å². The van der Waals surface area contributed by atoms with Crippen LogP contribution in [0.3, 0.4) is 0 Å². The summed E-state index contributed by atoms with van der Waals surface area (Å²) in [5.41, 5.74) is 1.89. The molecule has 1 N–H and O–H groups in total. The topological polar surface area (TPSA) is 101 Å². The first kappa shape index (κ1) is 19.5. The van der Waals surface area contributed by atoms with E-state index >= 15 is 0 Å². The monoisotopic (exact) mass is 395 g/mol. The van der Waals surface area contributed by atoms with Gasteiger partial charge in [-0.05, 0) is 43.3 Å². The second-order valence-electron chi connectivity index (χ2n) is 5.88. The van der Waals surface area contributed by atoms with Crippen LogP contribution in [0.5, 0.6) is 0 Å². The Kier molecular flexibility index (Phi) is 6.32. The van der Waals surface area contributed by atoms with Gasteiger partial charge in [-0.25, -0.2) is 9.78 Å². The number of para-hydroxylation sites is 1. The zero-order valence-corrected chi connectivity index (χ0v) is 15.9. The molecule has 0 spiro atoms. The maximum absolute atomic E-state index is 12.1. The zero-order valence-electron chi connectivity index (χ0n) is 15.0. The molecule has 1 heterocycles. The predicted molar refractivity (Wildman–Crippen MR) is 105 cm³/mol. The Balaban J connectivity index is 1.42. The first-order valence-electron chi connectivity index (χ1n) is 8.48. The third-order valence-corrected chi connectivity index (χ3v) is 4.75. The number of hydrogen-bond donors (Lipinski definition) is 1. The van der Waals surface area contributed by atoms with E-state index in [0.717, 1.165) is 15.2 Å². The number of hydrogen-bond acceptors (Lipinski definition) is 7. The summed E-state index contributed by atoms with van der Waals surface area (Å²) in [7, 11) is 0. The molecule has 0 aliphatic heterocycles. The van der Waals surface area contributed by atoms with Crippen molar-refractivity contribution in [3.05, 3.63) is 59.1 Å². The van der Waals surface area contributed by atoms with Gasteiger partial charge < -0.3 is 14.8 Å². The van der Waals surface area contributed by atoms with Crippen molar-refractivity contribution < 1.29 is 19.1 Å². The van der Waals surface area contributed by atoms with Crippen molar-refractivity contribution in [1.82, 2.24) is 4.98 Å². The molecule has 1 atom stereocenters. The minimum atomic E-state index is -0.978. The number of anilines is 1. The fourth-order valence-corrected chi connectivity index (χ4v) is 3.27. The molecule has 0 aliphatic carbocycles. The Morgan fingerprint density at radius 3 is 2.68 bits per heavy atom. The van der Waals surface area contributed by atoms with Crippen LogP contribution in [0.25, 0.3) is 10.2 Å². The lowest BCUT2D eigenvalue weighted by molar-refractivity contribution is -0.157. The second-order valence-corrected chi connectivity index (χ2v) is 6.99. The molecule has 7 nitrogen and oxygen atoms in total. The van der Waals surface area contributed by atoms with E-state index in [1.54, 1.807) is 24.3 Å². The number of nitrogens with one attached hydrogen (secondary N) is 1. The number of carbonyl (C=O) groups excluding carboxylic acids is 2. The van der Waals surface area contributed by atoms with Crippen molar-refractivity contribution >= 4 is 39.1 Å². The maximum Gasteiger partial charge on any atom is 0.332 e. The number of nitrogens with zero attached hydrogens (tertiary/aromatic N) is 2. The number of benzene rings is 2. The SMILES string of the molecule is C[C@H](OC(=O)COCc1nc2ccccc2s1)C(=O)Nc1ccc(C#N)cc1. The van der Waals surface area contributed by atoms with Crippen molar-refractivity contribution in [2.75, 3.05) is 11.9 Å². The molecule has 142 valence electrons. The molecule has 0 bridgehead atoms. The third-order valence-electron chi connectivity index (χ3n) is 3.74. The van der Waals surface area contributed by atoms with Crippen molar-refractivity contribution in [1.29, 1.82) is 5.26 Å². The van der Waals surface area contributed by atoms with Gasteiger partial charge in [-0.2, -0.15) is 5.26 Å². The molecule has 28 heavy (non-hydrogen) atoms. The quantitative estimate of drug-likeness (QED) is 0.616. The molecule has 0 fully saturated rings. The normalized spacial score (nSPS) is 11.6. The van der Waals surface area contributed by atoms with Gasteiger partial charge in [0.25, 0.3) is 5.91 Å². The summed E-state index contributed by atoms with van der Waals surface area (Å²) in [4.78, 5) is 28.4. The number of rotatable bonds is 7. The highest BCUT2D eigenvalue weighted by Gasteiger charge is 2.18. The van der Waals surface area contributed by atoms with E-state index in [1.807, 2.05) is 30.3 Å². The number of carbonyl (C=O) groups is 2. The van der Waals surface area contributed by atoms with Crippen LogP contribution in [-0.2, 0) is 25.7 Å². The number of fused-ring (bicyclic) bond motifs is 1. The van der Waals surface area contributed by atoms with Crippen molar-refractivity contribution in [2.45, 2.75) is 19.6 Å². The number of ether oxygens (including phenoxy) is 2. The van der Waals surface area contributed by atoms with Crippen LogP contribution in [0.1, 0.15) is 17.5 Å². The van der Waals surface area contributed by atoms with Crippen LogP contribution in [0, 0.1) is 11.3 Å². The molecule has 0 unspecified atom stereocenters. The fourth-order valence-electron chi connectivity index (χ4n) is 2.36. The van der Waals surface area contributed by atoms with Crippen LogP contribution >= 0.6 is 11.3 Å². The van der Waals surface area contributed by atoms with E-state index in [1.165, 1.54) is 18.3 Å². The Morgan fingerprint density at radius 2 is 1.96 bits per heavy atom. The Hall–Kier alpha value is -3.28. The Bertz CT molecular complexity index is 991. The molecule has 2 aromatic carbocycles. The smallest absolute Gasteiger partial charge is 0.332 e. The molecular formula is C20H17N3O4S. The molecule has 0 saturated carbocycles. The van der Waals surface area contributed by atoms with Crippen LogP contribution in [-0.4, -0.2) is 29.6 Å². The number of nitriles is 1. The molecule has 0 aliphatic rings. The van der Waals surface area contributed by atoms with Crippen LogP contribution in [0.15, 0.2) is 48.5 Å². The summed E-state index contributed by atoms with van der Waals surface area (Å²) >= 11 is 1.50. The average molecular weight is 395 g/mol. The van der Waals surface area contributed by atoms with E-state index in [0.29, 0.717) is 11.3 Å². The van der Waals surface area contributed by atoms with Crippen molar-refractivity contribution in [3.63, 3.8) is 0 Å². The van der Waals surface area contributed by atoms with Gasteiger partial charge in [0.1, 0.15) is 11.6 Å². The molecule has 3 aromatic rings. The summed E-state index contributed by atoms with van der Waals surface area (Å²) < 4.78 is 11.5. The standard InChI is InChI=1S/C20H17N3O4S/c1-13(20(25)22-15-8-6-14(10-21)7-9-15)27-19(24)12-26-11-18-23-16-4-2-3-5-17(16)28-18/h2-9,13H,11-12H2,1H3,(H,22,25)/t13-/m0/s1. The van der Waals surface area contributed by atoms with E-state index < -0.39 is 18.0 Å². The zero-order chi connectivity index (χ0) is 19.9. The lowest BCUT2D eigenvalue weighted by atomic mass is 10.2. The highest BCUT2D eigenvalue weighted by atomic mass is 32.1. The molecule has 0 saturated heterocycles. The highest BCUT2D eigenvalue weighted by molar-refractivity contribution is 7.18. The third kappa shape index (κ3) is 5.13. The fraction of sp³-hybridized carbons (Fsp3) is 0.200. The van der Waals surface area contributed by atoms with Crippen LogP contribution < -0.4 is 5.32 Å². The summed E-state index contributed by atoms with van der Waals surface area (Å²) in [5, 5.41) is 12.2. The number of thiazole rings is 1. The van der Waals surface area contributed by atoms with Gasteiger partial charge in [0.2, 0.25) is 0 Å². The van der Waals surface area contributed by atoms with E-state index in [4.69, 9.17) is 14.7 Å². The predicted octanol–water partition coefficient (Wildman–Crippen LogP) is 3.25. The molecule has 3 rings (SSSR count). The second kappa shape index (κ2) is 9.08. The minimum Gasteiger partial charge on any atom is -0.451 e. The minimum absolute atomic E-state index is 0.195. The molecular weight excluding hydrogens is 378 g/mol. The summed E-state index contributed by atoms with van der Waals surface area (Å²) in [6, 6.07) is 16.1. The molecule has 8 heteroatoms. The van der Waals surface area contributed by atoms with Gasteiger partial charge >= 0.3 is 5.97 Å². The molecule has 0 radical (unpaired) electrons. The molecule has 1 aromatic heterocycles. The van der Waals surface area contributed by atoms with E-state index in [2.05, 4.69) is 10.3 Å². The number of esters is 1. The highest BCUT2D eigenvalue weighted by Crippen LogP contribution is 2.21. The first-order valence-corrected chi connectivity index (χ1v) is 9.29. The Morgan fingerprint density at radius 1 is 1.21 bits per heavy atom. The number of aromatic nitrogens is 1. The first-order chi connectivity index (χ1) is 13.5. The Labute approximate surface area is 165 Å². The van der Waals surface area contributed by atoms with Gasteiger partial charge in [0, 0.05) is 5.69 Å². The van der Waals surface area contributed by atoms with Gasteiger partial charge in [0.15, 0.2) is 6.10 Å². The van der Waals surface area contributed by atoms with Gasteiger partial charge in [-0.3, -0.25) is 4.79 Å². The molecule has 1 amide bonds. The van der Waals surface area contributed by atoms with Crippen LogP contribution in [0.2, 0.25) is 0 Å². The summed E-state index contributed by atoms with van der Waals surface area (Å²) in [6.07, 6.45) is -0.978. The van der Waals surface area contributed by atoms with Crippen molar-refractivity contribution in [3.8, 4) is 6.07 Å². The van der Waals surface area contributed by atoms with Gasteiger partial charge in [-0.1, -0.05) is 12.1 Å². The largest absolute Gasteiger partial charge is 0.451 e. The van der Waals surface area contributed by atoms with E-state index in [-0.39, 0.29) is 13.2 Å².